The molecule has 0 saturated heterocycles. The SMILES string of the molecule is Nc1ncc(-c2nccs2)cc1-c1nnnn1C1CC=CC(F)=C1F. The lowest BCUT2D eigenvalue weighted by molar-refractivity contribution is 0.389. The fraction of sp³-hybridized carbons (Fsp3) is 0.133. The molecule has 10 heteroatoms. The van der Waals surface area contributed by atoms with Crippen molar-refractivity contribution in [1.29, 1.82) is 0 Å². The zero-order valence-corrected chi connectivity index (χ0v) is 13.5. The minimum Gasteiger partial charge on any atom is -0.383 e. The van der Waals surface area contributed by atoms with Gasteiger partial charge in [-0.05, 0) is 29.0 Å². The molecule has 0 amide bonds. The normalized spacial score (nSPS) is 17.3. The molecule has 126 valence electrons. The molecule has 0 aromatic carbocycles. The molecule has 4 rings (SSSR count). The van der Waals surface area contributed by atoms with Crippen LogP contribution in [0, 0.1) is 0 Å². The number of halogens is 2. The first-order valence-corrected chi connectivity index (χ1v) is 8.18. The van der Waals surface area contributed by atoms with Gasteiger partial charge < -0.3 is 5.73 Å². The third kappa shape index (κ3) is 2.70. The molecule has 3 heterocycles. The van der Waals surface area contributed by atoms with Crippen molar-refractivity contribution in [3.05, 3.63) is 47.6 Å². The molecule has 0 fully saturated rings. The smallest absolute Gasteiger partial charge is 0.186 e. The van der Waals surface area contributed by atoms with Crippen molar-refractivity contribution in [2.45, 2.75) is 12.5 Å². The first-order chi connectivity index (χ1) is 12.1. The summed E-state index contributed by atoms with van der Waals surface area (Å²) in [6.45, 7) is 0. The summed E-state index contributed by atoms with van der Waals surface area (Å²) in [4.78, 5) is 8.38. The average molecular weight is 359 g/mol. The maximum absolute atomic E-state index is 14.2. The standard InChI is InChI=1S/C15H11F2N7S/c16-10-2-1-3-11(12(10)17)24-14(21-22-23-24)9-6-8(7-20-13(9)18)15-19-4-5-25-15/h1-2,4-7,11H,3H2,(H2,18,20). The number of allylic oxidation sites excluding steroid dienone is 4. The van der Waals surface area contributed by atoms with Crippen LogP contribution in [-0.4, -0.2) is 30.2 Å². The van der Waals surface area contributed by atoms with Crippen molar-refractivity contribution in [1.82, 2.24) is 30.2 Å². The van der Waals surface area contributed by atoms with E-state index in [0.29, 0.717) is 5.56 Å². The second-order valence-corrected chi connectivity index (χ2v) is 6.19. The Morgan fingerprint density at radius 2 is 2.16 bits per heavy atom. The van der Waals surface area contributed by atoms with Gasteiger partial charge >= 0.3 is 0 Å². The largest absolute Gasteiger partial charge is 0.383 e. The Morgan fingerprint density at radius 1 is 1.28 bits per heavy atom. The Morgan fingerprint density at radius 3 is 2.96 bits per heavy atom. The van der Waals surface area contributed by atoms with E-state index < -0.39 is 17.7 Å². The summed E-state index contributed by atoms with van der Waals surface area (Å²) in [6.07, 6.45) is 6.13. The van der Waals surface area contributed by atoms with Crippen LogP contribution in [0.4, 0.5) is 14.6 Å². The van der Waals surface area contributed by atoms with Crippen molar-refractivity contribution in [2.24, 2.45) is 0 Å². The Bertz CT molecular complexity index is 978. The molecular formula is C15H11F2N7S. The molecule has 1 aliphatic rings. The number of aromatic nitrogens is 6. The van der Waals surface area contributed by atoms with Gasteiger partial charge in [-0.3, -0.25) is 0 Å². The van der Waals surface area contributed by atoms with E-state index in [4.69, 9.17) is 5.73 Å². The van der Waals surface area contributed by atoms with E-state index in [-0.39, 0.29) is 18.1 Å². The monoisotopic (exact) mass is 359 g/mol. The van der Waals surface area contributed by atoms with E-state index in [2.05, 4.69) is 25.5 Å². The fourth-order valence-corrected chi connectivity index (χ4v) is 3.19. The summed E-state index contributed by atoms with van der Waals surface area (Å²) >= 11 is 1.44. The van der Waals surface area contributed by atoms with E-state index in [0.717, 1.165) is 16.6 Å². The lowest BCUT2D eigenvalue weighted by Gasteiger charge is -2.18. The molecule has 2 N–H and O–H groups in total. The molecule has 3 aromatic heterocycles. The van der Waals surface area contributed by atoms with Gasteiger partial charge in [0.15, 0.2) is 17.5 Å². The third-order valence-corrected chi connectivity index (χ3v) is 4.59. The van der Waals surface area contributed by atoms with E-state index in [1.54, 1.807) is 18.5 Å². The van der Waals surface area contributed by atoms with Gasteiger partial charge in [-0.15, -0.1) is 16.4 Å². The quantitative estimate of drug-likeness (QED) is 0.772. The van der Waals surface area contributed by atoms with Crippen molar-refractivity contribution in [3.8, 4) is 22.0 Å². The van der Waals surface area contributed by atoms with Crippen LogP contribution in [0.15, 0.2) is 47.6 Å². The molecule has 0 radical (unpaired) electrons. The van der Waals surface area contributed by atoms with Crippen molar-refractivity contribution >= 4 is 17.2 Å². The Labute approximate surface area is 144 Å². The van der Waals surface area contributed by atoms with Crippen LogP contribution < -0.4 is 5.73 Å². The first-order valence-electron chi connectivity index (χ1n) is 7.30. The number of pyridine rings is 1. The molecule has 1 atom stereocenters. The van der Waals surface area contributed by atoms with Gasteiger partial charge in [0.05, 0.1) is 5.56 Å². The molecule has 0 aliphatic heterocycles. The van der Waals surface area contributed by atoms with Gasteiger partial charge in [0.2, 0.25) is 0 Å². The number of hydrogen-bond donors (Lipinski definition) is 1. The lowest BCUT2D eigenvalue weighted by atomic mass is 10.1. The summed E-state index contributed by atoms with van der Waals surface area (Å²) in [6, 6.07) is 0.776. The minimum absolute atomic E-state index is 0.188. The van der Waals surface area contributed by atoms with Crippen LogP contribution in [-0.2, 0) is 0 Å². The third-order valence-electron chi connectivity index (χ3n) is 3.77. The van der Waals surface area contributed by atoms with Gasteiger partial charge in [0, 0.05) is 23.3 Å². The van der Waals surface area contributed by atoms with Crippen LogP contribution in [0.5, 0.6) is 0 Å². The second-order valence-electron chi connectivity index (χ2n) is 5.29. The molecule has 0 bridgehead atoms. The number of nitrogens with zero attached hydrogens (tertiary/aromatic N) is 6. The first kappa shape index (κ1) is 15.5. The van der Waals surface area contributed by atoms with E-state index in [1.165, 1.54) is 22.1 Å². The van der Waals surface area contributed by atoms with Crippen LogP contribution >= 0.6 is 11.3 Å². The topological polar surface area (TPSA) is 95.4 Å². The highest BCUT2D eigenvalue weighted by Gasteiger charge is 2.27. The van der Waals surface area contributed by atoms with Gasteiger partial charge in [0.1, 0.15) is 16.9 Å². The van der Waals surface area contributed by atoms with Gasteiger partial charge in [0.25, 0.3) is 0 Å². The number of nitrogens with two attached hydrogens (primary N) is 1. The molecule has 25 heavy (non-hydrogen) atoms. The number of anilines is 1. The van der Waals surface area contributed by atoms with Crippen molar-refractivity contribution in [2.75, 3.05) is 5.73 Å². The highest BCUT2D eigenvalue weighted by Crippen LogP contribution is 2.35. The van der Waals surface area contributed by atoms with E-state index >= 15 is 0 Å². The molecule has 1 unspecified atom stereocenters. The zero-order valence-electron chi connectivity index (χ0n) is 12.7. The summed E-state index contributed by atoms with van der Waals surface area (Å²) in [5.74, 6) is -1.45. The molecule has 1 aliphatic carbocycles. The number of hydrogen-bond acceptors (Lipinski definition) is 7. The molecule has 3 aromatic rings. The minimum atomic E-state index is -0.960. The van der Waals surface area contributed by atoms with Crippen LogP contribution in [0.25, 0.3) is 22.0 Å². The molecule has 0 saturated carbocycles. The van der Waals surface area contributed by atoms with E-state index in [1.807, 2.05) is 5.38 Å². The maximum Gasteiger partial charge on any atom is 0.186 e. The Kier molecular flexibility index (Phi) is 3.80. The average Bonchev–Trinajstić information content (AvgIpc) is 3.29. The predicted molar refractivity (Wildman–Crippen MR) is 88.6 cm³/mol. The van der Waals surface area contributed by atoms with Crippen molar-refractivity contribution in [3.63, 3.8) is 0 Å². The van der Waals surface area contributed by atoms with Crippen LogP contribution in [0.3, 0.4) is 0 Å². The van der Waals surface area contributed by atoms with Gasteiger partial charge in [-0.2, -0.15) is 0 Å². The lowest BCUT2D eigenvalue weighted by Crippen LogP contribution is -2.15. The van der Waals surface area contributed by atoms with Crippen LogP contribution in [0.1, 0.15) is 12.5 Å². The zero-order chi connectivity index (χ0) is 17.4. The Balaban J connectivity index is 1.81. The molecular weight excluding hydrogens is 348 g/mol. The van der Waals surface area contributed by atoms with Gasteiger partial charge in [-0.25, -0.2) is 23.4 Å². The predicted octanol–water partition coefficient (Wildman–Crippen LogP) is 3.09. The number of nitrogen functional groups attached to an aromatic ring is 1. The number of rotatable bonds is 3. The maximum atomic E-state index is 14.2. The molecule has 7 nitrogen and oxygen atoms in total. The number of thiazole rings is 1. The summed E-state index contributed by atoms with van der Waals surface area (Å²) in [5.41, 5.74) is 7.13. The number of tetrazole rings is 1. The van der Waals surface area contributed by atoms with E-state index in [9.17, 15) is 8.78 Å². The Hall–Kier alpha value is -3.01. The fourth-order valence-electron chi connectivity index (χ4n) is 2.57. The summed E-state index contributed by atoms with van der Waals surface area (Å²) < 4.78 is 29.0. The van der Waals surface area contributed by atoms with Crippen LogP contribution in [0.2, 0.25) is 0 Å². The van der Waals surface area contributed by atoms with Gasteiger partial charge in [-0.1, -0.05) is 6.08 Å². The van der Waals surface area contributed by atoms with Crippen molar-refractivity contribution < 1.29 is 8.78 Å². The molecule has 0 spiro atoms. The summed E-state index contributed by atoms with van der Waals surface area (Å²) in [5, 5.41) is 13.9. The highest BCUT2D eigenvalue weighted by atomic mass is 32.1. The highest BCUT2D eigenvalue weighted by molar-refractivity contribution is 7.13. The summed E-state index contributed by atoms with van der Waals surface area (Å²) in [7, 11) is 0. The second kappa shape index (κ2) is 6.13.